The summed E-state index contributed by atoms with van der Waals surface area (Å²) in [6, 6.07) is 24.6. The number of allylic oxidation sites excluding steroid dienone is 4. The minimum Gasteiger partial charge on any atom is -0.365 e. The SMILES string of the molecule is CN(c1ccc2c3ccccc3c3ccccc3c2c1)C1C=CC=CC=C1. The number of likely N-dealkylation sites (N-methyl/N-ethyl adjacent to an activating group) is 1. The van der Waals surface area contributed by atoms with E-state index in [-0.39, 0.29) is 6.04 Å². The Morgan fingerprint density at radius 3 is 1.59 bits per heavy atom. The first-order valence-corrected chi connectivity index (χ1v) is 9.41. The van der Waals surface area contributed by atoms with E-state index in [1.807, 2.05) is 0 Å². The molecule has 0 heterocycles. The third kappa shape index (κ3) is 2.63. The first-order chi connectivity index (χ1) is 13.3. The summed E-state index contributed by atoms with van der Waals surface area (Å²) in [5.74, 6) is 0. The largest absolute Gasteiger partial charge is 0.365 e. The molecule has 4 aromatic rings. The van der Waals surface area contributed by atoms with Crippen LogP contribution >= 0.6 is 0 Å². The maximum atomic E-state index is 2.34. The van der Waals surface area contributed by atoms with Crippen LogP contribution in [-0.2, 0) is 0 Å². The lowest BCUT2D eigenvalue weighted by Gasteiger charge is -2.26. The Balaban J connectivity index is 1.76. The fourth-order valence-electron chi connectivity index (χ4n) is 4.09. The van der Waals surface area contributed by atoms with Crippen molar-refractivity contribution in [2.75, 3.05) is 11.9 Å². The fourth-order valence-corrected chi connectivity index (χ4v) is 4.09. The molecule has 4 aromatic carbocycles. The van der Waals surface area contributed by atoms with Gasteiger partial charge in [0.05, 0.1) is 6.04 Å². The summed E-state index contributed by atoms with van der Waals surface area (Å²) in [7, 11) is 2.16. The van der Waals surface area contributed by atoms with Gasteiger partial charge in [-0.1, -0.05) is 91.1 Å². The van der Waals surface area contributed by atoms with Gasteiger partial charge in [0, 0.05) is 12.7 Å². The van der Waals surface area contributed by atoms with Crippen LogP contribution in [0.1, 0.15) is 0 Å². The van der Waals surface area contributed by atoms with Gasteiger partial charge in [-0.2, -0.15) is 0 Å². The molecule has 1 heteroatoms. The predicted octanol–water partition coefficient (Wildman–Crippen LogP) is 6.63. The van der Waals surface area contributed by atoms with Crippen LogP contribution in [0.2, 0.25) is 0 Å². The van der Waals surface area contributed by atoms with Crippen molar-refractivity contribution < 1.29 is 0 Å². The Morgan fingerprint density at radius 1 is 0.556 bits per heavy atom. The Bertz CT molecular complexity index is 1190. The van der Waals surface area contributed by atoms with Gasteiger partial charge in [-0.15, -0.1) is 0 Å². The molecule has 0 fully saturated rings. The normalized spacial score (nSPS) is 14.3. The smallest absolute Gasteiger partial charge is 0.0660 e. The van der Waals surface area contributed by atoms with Crippen molar-refractivity contribution in [3.63, 3.8) is 0 Å². The maximum Gasteiger partial charge on any atom is 0.0660 e. The zero-order valence-electron chi connectivity index (χ0n) is 15.3. The molecule has 27 heavy (non-hydrogen) atoms. The predicted molar refractivity (Wildman–Crippen MR) is 119 cm³/mol. The van der Waals surface area contributed by atoms with E-state index in [4.69, 9.17) is 0 Å². The lowest BCUT2D eigenvalue weighted by Crippen LogP contribution is -2.27. The second kappa shape index (κ2) is 6.44. The summed E-state index contributed by atoms with van der Waals surface area (Å²) in [5.41, 5.74) is 1.23. The van der Waals surface area contributed by atoms with Crippen LogP contribution in [-0.4, -0.2) is 13.1 Å². The van der Waals surface area contributed by atoms with E-state index in [1.165, 1.54) is 38.0 Å². The first-order valence-electron chi connectivity index (χ1n) is 9.41. The topological polar surface area (TPSA) is 3.24 Å². The molecule has 0 N–H and O–H groups in total. The molecule has 0 unspecified atom stereocenters. The molecule has 1 nitrogen and oxygen atoms in total. The average Bonchev–Trinajstić information content (AvgIpc) is 3.03. The van der Waals surface area contributed by atoms with Gasteiger partial charge < -0.3 is 4.90 Å². The van der Waals surface area contributed by atoms with Crippen LogP contribution in [0, 0.1) is 0 Å². The first kappa shape index (κ1) is 15.9. The van der Waals surface area contributed by atoms with Gasteiger partial charge in [0.15, 0.2) is 0 Å². The molecule has 0 radical (unpaired) electrons. The average molecular weight is 347 g/mol. The zero-order valence-corrected chi connectivity index (χ0v) is 15.3. The lowest BCUT2D eigenvalue weighted by atomic mass is 9.94. The number of hydrogen-bond donors (Lipinski definition) is 0. The molecule has 0 saturated heterocycles. The van der Waals surface area contributed by atoms with Crippen molar-refractivity contribution in [2.45, 2.75) is 6.04 Å². The van der Waals surface area contributed by atoms with Crippen LogP contribution < -0.4 is 4.90 Å². The summed E-state index contributed by atoms with van der Waals surface area (Å²) in [5, 5.41) is 7.90. The van der Waals surface area contributed by atoms with Gasteiger partial charge in [-0.3, -0.25) is 0 Å². The minimum absolute atomic E-state index is 0.254. The maximum absolute atomic E-state index is 2.34. The van der Waals surface area contributed by atoms with E-state index in [9.17, 15) is 0 Å². The highest BCUT2D eigenvalue weighted by atomic mass is 15.1. The molecular weight excluding hydrogens is 326 g/mol. The minimum atomic E-state index is 0.254. The van der Waals surface area contributed by atoms with Gasteiger partial charge in [-0.05, 0) is 44.5 Å². The molecule has 1 aliphatic carbocycles. The molecule has 0 saturated carbocycles. The Kier molecular flexibility index (Phi) is 3.79. The van der Waals surface area contributed by atoms with Gasteiger partial charge >= 0.3 is 0 Å². The number of hydrogen-bond acceptors (Lipinski definition) is 1. The molecule has 0 bridgehead atoms. The van der Waals surface area contributed by atoms with E-state index in [0.717, 1.165) is 0 Å². The second-order valence-corrected chi connectivity index (χ2v) is 7.08. The summed E-state index contributed by atoms with van der Waals surface area (Å²) in [6.45, 7) is 0. The monoisotopic (exact) mass is 347 g/mol. The van der Waals surface area contributed by atoms with Crippen LogP contribution in [0.5, 0.6) is 0 Å². The molecule has 0 spiro atoms. The number of fused-ring (bicyclic) bond motifs is 6. The van der Waals surface area contributed by atoms with Crippen molar-refractivity contribution in [2.24, 2.45) is 0 Å². The highest BCUT2D eigenvalue weighted by Crippen LogP contribution is 2.36. The van der Waals surface area contributed by atoms with Gasteiger partial charge in [0.2, 0.25) is 0 Å². The summed E-state index contributed by atoms with van der Waals surface area (Å²) >= 11 is 0. The summed E-state index contributed by atoms with van der Waals surface area (Å²) in [6.07, 6.45) is 12.8. The Morgan fingerprint density at radius 2 is 1.04 bits per heavy atom. The molecule has 5 rings (SSSR count). The van der Waals surface area contributed by atoms with E-state index >= 15 is 0 Å². The van der Waals surface area contributed by atoms with Gasteiger partial charge in [-0.25, -0.2) is 0 Å². The molecule has 0 aromatic heterocycles. The van der Waals surface area contributed by atoms with E-state index in [2.05, 4.69) is 115 Å². The summed E-state index contributed by atoms with van der Waals surface area (Å²) < 4.78 is 0. The number of nitrogens with zero attached hydrogens (tertiary/aromatic N) is 1. The van der Waals surface area contributed by atoms with Gasteiger partial charge in [0.1, 0.15) is 0 Å². The third-order valence-electron chi connectivity index (χ3n) is 5.53. The number of rotatable bonds is 2. The number of benzene rings is 4. The number of anilines is 1. The van der Waals surface area contributed by atoms with Crippen molar-refractivity contribution in [1.82, 2.24) is 0 Å². The highest BCUT2D eigenvalue weighted by molar-refractivity contribution is 6.25. The Hall–Kier alpha value is -3.32. The van der Waals surface area contributed by atoms with Crippen molar-refractivity contribution >= 4 is 38.0 Å². The van der Waals surface area contributed by atoms with Crippen molar-refractivity contribution in [3.05, 3.63) is 103 Å². The van der Waals surface area contributed by atoms with Crippen LogP contribution in [0.3, 0.4) is 0 Å². The molecule has 0 aliphatic heterocycles. The molecular formula is C26H21N. The van der Waals surface area contributed by atoms with Crippen molar-refractivity contribution in [3.8, 4) is 0 Å². The fraction of sp³-hybridized carbons (Fsp3) is 0.0769. The lowest BCUT2D eigenvalue weighted by molar-refractivity contribution is 0.896. The van der Waals surface area contributed by atoms with Crippen molar-refractivity contribution in [1.29, 1.82) is 0 Å². The van der Waals surface area contributed by atoms with Gasteiger partial charge in [0.25, 0.3) is 0 Å². The van der Waals surface area contributed by atoms with E-state index in [1.54, 1.807) is 0 Å². The molecule has 0 atom stereocenters. The Labute approximate surface area is 159 Å². The summed E-state index contributed by atoms with van der Waals surface area (Å²) in [4.78, 5) is 2.32. The zero-order chi connectivity index (χ0) is 18.2. The molecule has 0 amide bonds. The standard InChI is InChI=1S/C26H21N/c1-27(19-10-4-2-3-5-11-19)20-16-17-25-23-14-7-6-12-21(23)22-13-8-9-15-24(22)26(25)18-20/h2-19H,1H3. The van der Waals surface area contributed by atoms with E-state index in [0.29, 0.717) is 0 Å². The quantitative estimate of drug-likeness (QED) is 0.368. The molecule has 130 valence electrons. The highest BCUT2D eigenvalue weighted by Gasteiger charge is 2.13. The third-order valence-corrected chi connectivity index (χ3v) is 5.53. The van der Waals surface area contributed by atoms with Crippen LogP contribution in [0.15, 0.2) is 103 Å². The van der Waals surface area contributed by atoms with Crippen LogP contribution in [0.25, 0.3) is 32.3 Å². The second-order valence-electron chi connectivity index (χ2n) is 7.08. The van der Waals surface area contributed by atoms with E-state index < -0.39 is 0 Å². The molecule has 1 aliphatic rings. The van der Waals surface area contributed by atoms with Crippen LogP contribution in [0.4, 0.5) is 5.69 Å².